The average molecular weight is 327 g/mol. The van der Waals surface area contributed by atoms with E-state index in [2.05, 4.69) is 5.32 Å². The lowest BCUT2D eigenvalue weighted by Gasteiger charge is -2.15. The van der Waals surface area contributed by atoms with Gasteiger partial charge in [-0.15, -0.1) is 0 Å². The van der Waals surface area contributed by atoms with Gasteiger partial charge in [0.05, 0.1) is 24.8 Å². The second kappa shape index (κ2) is 6.87. The number of carbonyl (C=O) groups excluding carboxylic acids is 2. The van der Waals surface area contributed by atoms with E-state index in [1.54, 1.807) is 18.0 Å². The maximum Gasteiger partial charge on any atom is 0.251 e. The van der Waals surface area contributed by atoms with E-state index >= 15 is 0 Å². The standard InChI is InChI=1S/C15H19ClN2O4/c1-4-22-14-11(16)5-9(6-12(14)21-3)15(20)17-10-7-13(19)18(2)8-10/h5-6,10H,4,7-8H2,1-3H3,(H,17,20). The fourth-order valence-electron chi connectivity index (χ4n) is 2.36. The molecule has 1 aromatic rings. The number of nitrogens with zero attached hydrogens (tertiary/aromatic N) is 1. The second-order valence-electron chi connectivity index (χ2n) is 5.07. The number of likely N-dealkylation sites (N-methyl/N-ethyl adjacent to an activating group) is 1. The first kappa shape index (κ1) is 16.4. The Morgan fingerprint density at radius 3 is 2.77 bits per heavy atom. The highest BCUT2D eigenvalue weighted by Gasteiger charge is 2.28. The van der Waals surface area contributed by atoms with Crippen molar-refractivity contribution in [3.63, 3.8) is 0 Å². The highest BCUT2D eigenvalue weighted by atomic mass is 35.5. The van der Waals surface area contributed by atoms with Crippen LogP contribution in [0.15, 0.2) is 12.1 Å². The van der Waals surface area contributed by atoms with Crippen LogP contribution in [-0.2, 0) is 4.79 Å². The zero-order valence-electron chi connectivity index (χ0n) is 12.8. The molecular weight excluding hydrogens is 308 g/mol. The van der Waals surface area contributed by atoms with Crippen LogP contribution in [0.3, 0.4) is 0 Å². The number of methoxy groups -OCH3 is 1. The summed E-state index contributed by atoms with van der Waals surface area (Å²) >= 11 is 6.15. The van der Waals surface area contributed by atoms with Crippen LogP contribution >= 0.6 is 11.6 Å². The molecule has 1 fully saturated rings. The lowest BCUT2D eigenvalue weighted by molar-refractivity contribution is -0.126. The Morgan fingerprint density at radius 1 is 1.50 bits per heavy atom. The number of carbonyl (C=O) groups is 2. The quantitative estimate of drug-likeness (QED) is 0.894. The molecule has 1 aliphatic heterocycles. The summed E-state index contributed by atoms with van der Waals surface area (Å²) in [6.07, 6.45) is 0.310. The number of amides is 2. The third-order valence-electron chi connectivity index (χ3n) is 3.46. The molecule has 1 aliphatic rings. The van der Waals surface area contributed by atoms with Gasteiger partial charge in [0.15, 0.2) is 11.5 Å². The number of hydrogen-bond donors (Lipinski definition) is 1. The normalized spacial score (nSPS) is 17.5. The van der Waals surface area contributed by atoms with Crippen molar-refractivity contribution < 1.29 is 19.1 Å². The zero-order chi connectivity index (χ0) is 16.3. The molecule has 1 saturated heterocycles. The highest BCUT2D eigenvalue weighted by molar-refractivity contribution is 6.32. The van der Waals surface area contributed by atoms with Crippen molar-refractivity contribution in [3.8, 4) is 11.5 Å². The molecule has 1 heterocycles. The molecule has 0 saturated carbocycles. The monoisotopic (exact) mass is 326 g/mol. The second-order valence-corrected chi connectivity index (χ2v) is 5.48. The van der Waals surface area contributed by atoms with Crippen LogP contribution in [0.4, 0.5) is 0 Å². The molecule has 2 rings (SSSR count). The van der Waals surface area contributed by atoms with Gasteiger partial charge in [-0.25, -0.2) is 0 Å². The summed E-state index contributed by atoms with van der Waals surface area (Å²) in [7, 11) is 3.20. The first-order valence-corrected chi connectivity index (χ1v) is 7.39. The van der Waals surface area contributed by atoms with E-state index in [0.717, 1.165) is 0 Å². The number of nitrogens with one attached hydrogen (secondary N) is 1. The Bertz CT molecular complexity index is 591. The molecule has 0 aromatic heterocycles. The summed E-state index contributed by atoms with van der Waals surface area (Å²) in [5, 5.41) is 3.14. The van der Waals surface area contributed by atoms with E-state index in [1.807, 2.05) is 6.92 Å². The van der Waals surface area contributed by atoms with E-state index < -0.39 is 0 Å². The minimum atomic E-state index is -0.295. The first-order valence-electron chi connectivity index (χ1n) is 7.01. The van der Waals surface area contributed by atoms with Crippen molar-refractivity contribution in [1.29, 1.82) is 0 Å². The predicted octanol–water partition coefficient (Wildman–Crippen LogP) is 1.71. The molecule has 7 heteroatoms. The number of halogens is 1. The van der Waals surface area contributed by atoms with Crippen molar-refractivity contribution in [1.82, 2.24) is 10.2 Å². The molecule has 1 unspecified atom stereocenters. The van der Waals surface area contributed by atoms with Crippen molar-refractivity contribution in [2.45, 2.75) is 19.4 Å². The fourth-order valence-corrected chi connectivity index (χ4v) is 2.63. The van der Waals surface area contributed by atoms with E-state index in [-0.39, 0.29) is 17.9 Å². The van der Waals surface area contributed by atoms with Gasteiger partial charge in [-0.2, -0.15) is 0 Å². The minimum absolute atomic E-state index is 0.0209. The Kier molecular flexibility index (Phi) is 5.13. The summed E-state index contributed by atoms with van der Waals surface area (Å²) in [6, 6.07) is 2.92. The van der Waals surface area contributed by atoms with Crippen LogP contribution in [0.1, 0.15) is 23.7 Å². The van der Waals surface area contributed by atoms with Gasteiger partial charge in [-0.1, -0.05) is 11.6 Å². The molecule has 0 spiro atoms. The van der Waals surface area contributed by atoms with Gasteiger partial charge in [-0.3, -0.25) is 9.59 Å². The topological polar surface area (TPSA) is 67.9 Å². The molecule has 1 N–H and O–H groups in total. The molecule has 6 nitrogen and oxygen atoms in total. The summed E-state index contributed by atoms with van der Waals surface area (Å²) < 4.78 is 10.6. The lowest BCUT2D eigenvalue weighted by Crippen LogP contribution is -2.36. The molecule has 22 heavy (non-hydrogen) atoms. The average Bonchev–Trinajstić information content (AvgIpc) is 2.79. The van der Waals surface area contributed by atoms with Gasteiger partial charge in [0.1, 0.15) is 0 Å². The van der Waals surface area contributed by atoms with Crippen LogP contribution < -0.4 is 14.8 Å². The Labute approximate surface area is 134 Å². The summed E-state index contributed by atoms with van der Waals surface area (Å²) in [5.41, 5.74) is 0.368. The summed E-state index contributed by atoms with van der Waals surface area (Å²) in [5.74, 6) is 0.544. The smallest absolute Gasteiger partial charge is 0.251 e. The number of ether oxygens (including phenoxy) is 2. The molecule has 0 bridgehead atoms. The van der Waals surface area contributed by atoms with E-state index in [1.165, 1.54) is 13.2 Å². The van der Waals surface area contributed by atoms with Crippen LogP contribution in [-0.4, -0.2) is 50.1 Å². The van der Waals surface area contributed by atoms with Gasteiger partial charge in [0.25, 0.3) is 5.91 Å². The van der Waals surface area contributed by atoms with E-state index in [4.69, 9.17) is 21.1 Å². The Balaban J connectivity index is 2.16. The number of hydrogen-bond acceptors (Lipinski definition) is 4. The molecule has 2 amide bonds. The zero-order valence-corrected chi connectivity index (χ0v) is 13.6. The highest BCUT2D eigenvalue weighted by Crippen LogP contribution is 2.36. The minimum Gasteiger partial charge on any atom is -0.493 e. The third-order valence-corrected chi connectivity index (χ3v) is 3.74. The molecule has 120 valence electrons. The van der Waals surface area contributed by atoms with Crippen LogP contribution in [0, 0.1) is 0 Å². The van der Waals surface area contributed by atoms with Gasteiger partial charge in [-0.05, 0) is 19.1 Å². The van der Waals surface area contributed by atoms with Gasteiger partial charge in [0, 0.05) is 25.6 Å². The Morgan fingerprint density at radius 2 is 2.23 bits per heavy atom. The van der Waals surface area contributed by atoms with Crippen molar-refractivity contribution in [2.75, 3.05) is 27.3 Å². The van der Waals surface area contributed by atoms with Gasteiger partial charge >= 0.3 is 0 Å². The predicted molar refractivity (Wildman–Crippen MR) is 82.7 cm³/mol. The van der Waals surface area contributed by atoms with Crippen molar-refractivity contribution in [3.05, 3.63) is 22.7 Å². The van der Waals surface area contributed by atoms with E-state index in [9.17, 15) is 9.59 Å². The number of likely N-dealkylation sites (tertiary alicyclic amines) is 1. The van der Waals surface area contributed by atoms with E-state index in [0.29, 0.717) is 41.7 Å². The summed E-state index contributed by atoms with van der Waals surface area (Å²) in [6.45, 7) is 2.79. The molecule has 1 atom stereocenters. The van der Waals surface area contributed by atoms with Crippen LogP contribution in [0.5, 0.6) is 11.5 Å². The Hall–Kier alpha value is -1.95. The lowest BCUT2D eigenvalue weighted by atomic mass is 10.1. The van der Waals surface area contributed by atoms with Crippen LogP contribution in [0.2, 0.25) is 5.02 Å². The third kappa shape index (κ3) is 3.44. The van der Waals surface area contributed by atoms with Crippen molar-refractivity contribution in [2.24, 2.45) is 0 Å². The van der Waals surface area contributed by atoms with Crippen molar-refractivity contribution >= 4 is 23.4 Å². The maximum absolute atomic E-state index is 12.3. The largest absolute Gasteiger partial charge is 0.493 e. The van der Waals surface area contributed by atoms with Gasteiger partial charge in [0.2, 0.25) is 5.91 Å². The maximum atomic E-state index is 12.3. The molecule has 1 aromatic carbocycles. The SMILES string of the molecule is CCOc1c(Cl)cc(C(=O)NC2CC(=O)N(C)C2)cc1OC. The molecule has 0 aliphatic carbocycles. The first-order chi connectivity index (χ1) is 10.5. The fraction of sp³-hybridized carbons (Fsp3) is 0.467. The number of rotatable bonds is 5. The summed E-state index contributed by atoms with van der Waals surface area (Å²) in [4.78, 5) is 25.4. The molecular formula is C15H19ClN2O4. The molecule has 0 radical (unpaired) electrons. The number of benzene rings is 1. The van der Waals surface area contributed by atoms with Gasteiger partial charge < -0.3 is 19.7 Å². The van der Waals surface area contributed by atoms with Crippen LogP contribution in [0.25, 0.3) is 0 Å².